The summed E-state index contributed by atoms with van der Waals surface area (Å²) in [5.41, 5.74) is 2.39. The molecule has 2 fully saturated rings. The number of para-hydroxylation sites is 1. The van der Waals surface area contributed by atoms with Gasteiger partial charge in [0.1, 0.15) is 6.04 Å². The Hall–Kier alpha value is -2.61. The minimum atomic E-state index is -0.653. The van der Waals surface area contributed by atoms with Gasteiger partial charge in [0.05, 0.1) is 16.7 Å². The van der Waals surface area contributed by atoms with Crippen LogP contribution in [0.5, 0.6) is 0 Å². The number of aryl methyl sites for hydroxylation is 1. The van der Waals surface area contributed by atoms with E-state index < -0.39 is 11.9 Å². The van der Waals surface area contributed by atoms with Crippen molar-refractivity contribution in [2.75, 3.05) is 18.0 Å². The molecule has 0 radical (unpaired) electrons. The van der Waals surface area contributed by atoms with Gasteiger partial charge < -0.3 is 10.2 Å². The fraction of sp³-hybridized carbons (Fsp3) is 0.571. The Labute approximate surface area is 169 Å². The van der Waals surface area contributed by atoms with Gasteiger partial charge in [0.25, 0.3) is 0 Å². The molecule has 2 saturated heterocycles. The maximum atomic E-state index is 13.1. The quantitative estimate of drug-likeness (QED) is 0.757. The maximum Gasteiger partial charge on any atom is 0.329 e. The fourth-order valence-corrected chi connectivity index (χ4v) is 4.66. The number of imide groups is 1. The molecule has 2 aromatic rings. The molecule has 2 amide bonds. The Morgan fingerprint density at radius 2 is 1.83 bits per heavy atom. The van der Waals surface area contributed by atoms with Crippen LogP contribution in [0.25, 0.3) is 11.0 Å². The predicted molar refractivity (Wildman–Crippen MR) is 112 cm³/mol. The van der Waals surface area contributed by atoms with Gasteiger partial charge in [-0.3, -0.25) is 24.0 Å². The summed E-state index contributed by atoms with van der Waals surface area (Å²) < 4.78 is 3.18. The van der Waals surface area contributed by atoms with E-state index in [9.17, 15) is 14.4 Å². The highest BCUT2D eigenvalue weighted by atomic mass is 16.2. The number of benzene rings is 1. The lowest BCUT2D eigenvalue weighted by Crippen LogP contribution is -2.44. The number of aromatic nitrogens is 2. The van der Waals surface area contributed by atoms with Gasteiger partial charge in [0, 0.05) is 38.6 Å². The molecule has 1 unspecified atom stereocenters. The number of fused-ring (bicyclic) bond motifs is 1. The summed E-state index contributed by atoms with van der Waals surface area (Å²) >= 11 is 0. The van der Waals surface area contributed by atoms with Crippen LogP contribution < -0.4 is 21.2 Å². The molecule has 2 N–H and O–H groups in total. The molecule has 0 saturated carbocycles. The van der Waals surface area contributed by atoms with Crippen LogP contribution in [0.1, 0.15) is 45.6 Å². The van der Waals surface area contributed by atoms with Crippen LogP contribution in [-0.2, 0) is 16.6 Å². The van der Waals surface area contributed by atoms with Gasteiger partial charge in [0.15, 0.2) is 0 Å². The van der Waals surface area contributed by atoms with Crippen LogP contribution in [0, 0.1) is 0 Å². The smallest absolute Gasteiger partial charge is 0.329 e. The van der Waals surface area contributed by atoms with Gasteiger partial charge in [0.2, 0.25) is 11.8 Å². The second kappa shape index (κ2) is 7.67. The molecule has 1 aromatic heterocycles. The lowest BCUT2D eigenvalue weighted by molar-refractivity contribution is -0.135. The molecule has 3 heterocycles. The zero-order chi connectivity index (χ0) is 20.7. The number of rotatable bonds is 4. The summed E-state index contributed by atoms with van der Waals surface area (Å²) in [4.78, 5) is 39.3. The van der Waals surface area contributed by atoms with Crippen molar-refractivity contribution >= 4 is 28.5 Å². The highest BCUT2D eigenvalue weighted by molar-refractivity contribution is 6.00. The third-order valence-electron chi connectivity index (χ3n) is 6.01. The average Bonchev–Trinajstić information content (AvgIpc) is 2.93. The van der Waals surface area contributed by atoms with Gasteiger partial charge in [-0.05, 0) is 31.4 Å². The summed E-state index contributed by atoms with van der Waals surface area (Å²) in [6.07, 6.45) is 2.70. The molecule has 156 valence electrons. The molecule has 29 heavy (non-hydrogen) atoms. The highest BCUT2D eigenvalue weighted by Crippen LogP contribution is 2.31. The molecule has 0 aliphatic carbocycles. The van der Waals surface area contributed by atoms with E-state index in [2.05, 4.69) is 29.4 Å². The van der Waals surface area contributed by atoms with E-state index in [1.54, 1.807) is 16.2 Å². The monoisotopic (exact) mass is 399 g/mol. The molecule has 4 rings (SSSR count). The zero-order valence-electron chi connectivity index (χ0n) is 17.3. The molecule has 0 spiro atoms. The highest BCUT2D eigenvalue weighted by Gasteiger charge is 2.32. The van der Waals surface area contributed by atoms with Crippen molar-refractivity contribution in [2.45, 2.75) is 57.7 Å². The molecule has 1 atom stereocenters. The molecule has 0 bridgehead atoms. The van der Waals surface area contributed by atoms with Crippen LogP contribution in [0.4, 0.5) is 5.69 Å². The van der Waals surface area contributed by atoms with E-state index in [-0.39, 0.29) is 18.0 Å². The van der Waals surface area contributed by atoms with Crippen molar-refractivity contribution in [2.24, 2.45) is 7.05 Å². The molecule has 8 heteroatoms. The summed E-state index contributed by atoms with van der Waals surface area (Å²) in [6, 6.07) is 6.21. The maximum absolute atomic E-state index is 13.1. The minimum Gasteiger partial charge on any atom is -0.370 e. The summed E-state index contributed by atoms with van der Waals surface area (Å²) in [7, 11) is 1.75. The SMILES string of the molecule is CC(C)NC1CCN(c2cccc3c2n(C)c(=O)n3C2CCC(=O)NC2=O)CC1. The topological polar surface area (TPSA) is 88.4 Å². The standard InChI is InChI=1S/C21H29N5O3/c1-13(2)22-14-9-11-25(12-10-14)15-5-4-6-16-19(15)24(3)21(29)26(16)17-7-8-18(27)23-20(17)28/h4-6,13-14,17,22H,7-12H2,1-3H3,(H,23,27,28). The van der Waals surface area contributed by atoms with Crippen molar-refractivity contribution in [3.8, 4) is 0 Å². The fourth-order valence-electron chi connectivity index (χ4n) is 4.66. The summed E-state index contributed by atoms with van der Waals surface area (Å²) in [6.45, 7) is 6.17. The van der Waals surface area contributed by atoms with Crippen molar-refractivity contribution in [3.05, 3.63) is 28.7 Å². The number of nitrogens with one attached hydrogen (secondary N) is 2. The van der Waals surface area contributed by atoms with Crippen molar-refractivity contribution in [1.29, 1.82) is 0 Å². The first-order chi connectivity index (χ1) is 13.9. The van der Waals surface area contributed by atoms with E-state index in [1.807, 2.05) is 18.2 Å². The Bertz CT molecular complexity index is 998. The molecule has 8 nitrogen and oxygen atoms in total. The van der Waals surface area contributed by atoms with Crippen LogP contribution in [0.3, 0.4) is 0 Å². The number of piperidine rings is 2. The van der Waals surface area contributed by atoms with Gasteiger partial charge in [-0.15, -0.1) is 0 Å². The summed E-state index contributed by atoms with van der Waals surface area (Å²) in [5.74, 6) is -0.681. The van der Waals surface area contributed by atoms with E-state index in [1.165, 1.54) is 0 Å². The zero-order valence-corrected chi connectivity index (χ0v) is 17.3. The number of hydrogen-bond donors (Lipinski definition) is 2. The Morgan fingerprint density at radius 3 is 2.48 bits per heavy atom. The third-order valence-corrected chi connectivity index (χ3v) is 6.01. The molecular formula is C21H29N5O3. The molecule has 2 aliphatic heterocycles. The Morgan fingerprint density at radius 1 is 1.10 bits per heavy atom. The van der Waals surface area contributed by atoms with Crippen molar-refractivity contribution < 1.29 is 9.59 Å². The van der Waals surface area contributed by atoms with Crippen molar-refractivity contribution in [1.82, 2.24) is 19.8 Å². The van der Waals surface area contributed by atoms with E-state index in [0.29, 0.717) is 18.5 Å². The average molecular weight is 399 g/mol. The van der Waals surface area contributed by atoms with Gasteiger partial charge >= 0.3 is 5.69 Å². The van der Waals surface area contributed by atoms with E-state index in [4.69, 9.17) is 0 Å². The molecule has 1 aromatic carbocycles. The van der Waals surface area contributed by atoms with Crippen molar-refractivity contribution in [3.63, 3.8) is 0 Å². The first-order valence-corrected chi connectivity index (χ1v) is 10.4. The lowest BCUT2D eigenvalue weighted by Gasteiger charge is -2.35. The number of carbonyl (C=O) groups excluding carboxylic acids is 2. The van der Waals surface area contributed by atoms with Crippen LogP contribution >= 0.6 is 0 Å². The number of anilines is 1. The van der Waals surface area contributed by atoms with Crippen LogP contribution in [-0.4, -0.2) is 46.1 Å². The largest absolute Gasteiger partial charge is 0.370 e. The van der Waals surface area contributed by atoms with E-state index in [0.717, 1.165) is 42.7 Å². The van der Waals surface area contributed by atoms with Gasteiger partial charge in [-0.1, -0.05) is 19.9 Å². The normalized spacial score (nSPS) is 21.2. The predicted octanol–water partition coefficient (Wildman–Crippen LogP) is 1.28. The lowest BCUT2D eigenvalue weighted by atomic mass is 10.0. The van der Waals surface area contributed by atoms with E-state index >= 15 is 0 Å². The minimum absolute atomic E-state index is 0.224. The van der Waals surface area contributed by atoms with Crippen LogP contribution in [0.2, 0.25) is 0 Å². The first kappa shape index (κ1) is 19.7. The first-order valence-electron chi connectivity index (χ1n) is 10.4. The van der Waals surface area contributed by atoms with Crippen LogP contribution in [0.15, 0.2) is 23.0 Å². The Balaban J connectivity index is 1.69. The number of imidazole rings is 1. The molecule has 2 aliphatic rings. The summed E-state index contributed by atoms with van der Waals surface area (Å²) in [5, 5.41) is 5.97. The number of hydrogen-bond acceptors (Lipinski definition) is 5. The molecular weight excluding hydrogens is 370 g/mol. The number of amides is 2. The Kier molecular flexibility index (Phi) is 5.21. The second-order valence-electron chi connectivity index (χ2n) is 8.41. The number of carbonyl (C=O) groups is 2. The number of nitrogens with zero attached hydrogens (tertiary/aromatic N) is 3. The van der Waals surface area contributed by atoms with Gasteiger partial charge in [-0.2, -0.15) is 0 Å². The second-order valence-corrected chi connectivity index (χ2v) is 8.41. The third kappa shape index (κ3) is 3.57. The van der Waals surface area contributed by atoms with Gasteiger partial charge in [-0.25, -0.2) is 4.79 Å².